The second-order valence-corrected chi connectivity index (χ2v) is 6.34. The third kappa shape index (κ3) is 6.07. The number of halogens is 1. The lowest BCUT2D eigenvalue weighted by Gasteiger charge is -2.22. The molecule has 0 fully saturated rings. The molecule has 7 heteroatoms. The van der Waals surface area contributed by atoms with E-state index in [4.69, 9.17) is 26.3 Å². The van der Waals surface area contributed by atoms with Gasteiger partial charge in [-0.1, -0.05) is 11.6 Å². The fourth-order valence-corrected chi connectivity index (χ4v) is 2.88. The van der Waals surface area contributed by atoms with Gasteiger partial charge in [0.15, 0.2) is 0 Å². The number of amides is 1. The lowest BCUT2D eigenvalue weighted by atomic mass is 10.2. The van der Waals surface area contributed by atoms with Gasteiger partial charge >= 0.3 is 0 Å². The van der Waals surface area contributed by atoms with Gasteiger partial charge in [0, 0.05) is 30.2 Å². The smallest absolute Gasteiger partial charge is 0.228 e. The summed E-state index contributed by atoms with van der Waals surface area (Å²) in [7, 11) is 1.58. The number of ether oxygens (including phenoxy) is 2. The molecule has 148 valence electrons. The Hall–Kier alpha value is -2.91. The maximum Gasteiger partial charge on any atom is 0.228 e. The minimum absolute atomic E-state index is 0.0760. The van der Waals surface area contributed by atoms with Gasteiger partial charge in [-0.2, -0.15) is 5.26 Å². The van der Waals surface area contributed by atoms with E-state index in [2.05, 4.69) is 11.4 Å². The second-order valence-electron chi connectivity index (χ2n) is 5.90. The number of hydrogen-bond acceptors (Lipinski definition) is 5. The second kappa shape index (κ2) is 11.1. The number of carbonyl (C=O) groups is 1. The van der Waals surface area contributed by atoms with Gasteiger partial charge in [-0.3, -0.25) is 4.79 Å². The first-order valence-corrected chi connectivity index (χ1v) is 9.44. The number of hydrogen-bond donors (Lipinski definition) is 1. The van der Waals surface area contributed by atoms with Crippen LogP contribution in [0.5, 0.6) is 11.5 Å². The van der Waals surface area contributed by atoms with E-state index in [1.807, 2.05) is 31.2 Å². The molecule has 0 aliphatic rings. The molecule has 0 heterocycles. The van der Waals surface area contributed by atoms with Gasteiger partial charge in [0.2, 0.25) is 5.91 Å². The van der Waals surface area contributed by atoms with Gasteiger partial charge in [-0.15, -0.1) is 0 Å². The van der Waals surface area contributed by atoms with Crippen LogP contribution in [-0.2, 0) is 4.79 Å². The average molecular weight is 402 g/mol. The summed E-state index contributed by atoms with van der Waals surface area (Å²) in [4.78, 5) is 14.4. The van der Waals surface area contributed by atoms with Crippen LogP contribution in [0.1, 0.15) is 19.8 Å². The van der Waals surface area contributed by atoms with Crippen molar-refractivity contribution >= 4 is 28.9 Å². The van der Waals surface area contributed by atoms with E-state index in [9.17, 15) is 4.79 Å². The van der Waals surface area contributed by atoms with Crippen LogP contribution in [0.15, 0.2) is 42.5 Å². The standard InChI is InChI=1S/C21H24ClN3O3/c1-3-28-18-8-6-17(7-9-18)25(14-4-12-23)21(26)11-13-24-19-15-16(22)5-10-20(19)27-2/h5-10,15,24H,3-4,11,13-14H2,1-2H3. The van der Waals surface area contributed by atoms with Gasteiger partial charge in [0.05, 0.1) is 31.9 Å². The molecule has 0 aliphatic heterocycles. The number of anilines is 2. The highest BCUT2D eigenvalue weighted by Gasteiger charge is 2.16. The molecule has 6 nitrogen and oxygen atoms in total. The molecule has 0 spiro atoms. The van der Waals surface area contributed by atoms with E-state index in [1.165, 1.54) is 0 Å². The molecule has 2 aromatic carbocycles. The number of nitriles is 1. The number of methoxy groups -OCH3 is 1. The third-order valence-corrected chi connectivity index (χ3v) is 4.26. The fraction of sp³-hybridized carbons (Fsp3) is 0.333. The maximum absolute atomic E-state index is 12.8. The van der Waals surface area contributed by atoms with Crippen molar-refractivity contribution in [3.05, 3.63) is 47.5 Å². The normalized spacial score (nSPS) is 10.1. The van der Waals surface area contributed by atoms with Gasteiger partial charge < -0.3 is 19.7 Å². The molecule has 0 aliphatic carbocycles. The summed E-state index contributed by atoms with van der Waals surface area (Å²) < 4.78 is 10.7. The Morgan fingerprint density at radius 3 is 2.64 bits per heavy atom. The number of benzene rings is 2. The first-order chi connectivity index (χ1) is 13.6. The van der Waals surface area contributed by atoms with Crippen molar-refractivity contribution in [3.63, 3.8) is 0 Å². The lowest BCUT2D eigenvalue weighted by molar-refractivity contribution is -0.118. The van der Waals surface area contributed by atoms with Crippen molar-refractivity contribution in [1.29, 1.82) is 5.26 Å². The predicted molar refractivity (Wildman–Crippen MR) is 111 cm³/mol. The lowest BCUT2D eigenvalue weighted by Crippen LogP contribution is -2.33. The van der Waals surface area contributed by atoms with Crippen LogP contribution in [0, 0.1) is 11.3 Å². The molecule has 0 bridgehead atoms. The van der Waals surface area contributed by atoms with Crippen molar-refractivity contribution in [2.24, 2.45) is 0 Å². The van der Waals surface area contributed by atoms with Crippen LogP contribution in [0.2, 0.25) is 5.02 Å². The molecule has 1 amide bonds. The maximum atomic E-state index is 12.8. The van der Waals surface area contributed by atoms with E-state index in [0.29, 0.717) is 30.5 Å². The molecule has 0 unspecified atom stereocenters. The van der Waals surface area contributed by atoms with Crippen LogP contribution < -0.4 is 19.7 Å². The van der Waals surface area contributed by atoms with Crippen molar-refractivity contribution in [3.8, 4) is 17.6 Å². The third-order valence-electron chi connectivity index (χ3n) is 4.02. The van der Waals surface area contributed by atoms with E-state index in [0.717, 1.165) is 17.1 Å². The van der Waals surface area contributed by atoms with Crippen molar-refractivity contribution in [2.75, 3.05) is 37.0 Å². The Morgan fingerprint density at radius 1 is 1.25 bits per heavy atom. The highest BCUT2D eigenvalue weighted by atomic mass is 35.5. The molecular weight excluding hydrogens is 378 g/mol. The largest absolute Gasteiger partial charge is 0.495 e. The summed E-state index contributed by atoms with van der Waals surface area (Å²) in [5, 5.41) is 12.7. The van der Waals surface area contributed by atoms with E-state index < -0.39 is 0 Å². The summed E-state index contributed by atoms with van der Waals surface area (Å²) in [6, 6.07) is 14.7. The van der Waals surface area contributed by atoms with E-state index in [1.54, 1.807) is 30.2 Å². The first-order valence-electron chi connectivity index (χ1n) is 9.06. The SMILES string of the molecule is CCOc1ccc(N(CCC#N)C(=O)CCNc2cc(Cl)ccc2OC)cc1. The van der Waals surface area contributed by atoms with Crippen LogP contribution in [0.25, 0.3) is 0 Å². The van der Waals surface area contributed by atoms with Crippen LogP contribution in [0.4, 0.5) is 11.4 Å². The van der Waals surface area contributed by atoms with Crippen molar-refractivity contribution in [2.45, 2.75) is 19.8 Å². The molecule has 0 atom stereocenters. The Morgan fingerprint density at radius 2 is 2.00 bits per heavy atom. The van der Waals surface area contributed by atoms with Gasteiger partial charge in [0.25, 0.3) is 0 Å². The molecular formula is C21H24ClN3O3. The molecule has 0 saturated carbocycles. The van der Waals surface area contributed by atoms with Gasteiger partial charge in [-0.25, -0.2) is 0 Å². The van der Waals surface area contributed by atoms with Crippen LogP contribution in [0.3, 0.4) is 0 Å². The summed E-state index contributed by atoms with van der Waals surface area (Å²) in [6.07, 6.45) is 0.517. The zero-order valence-corrected chi connectivity index (χ0v) is 16.8. The van der Waals surface area contributed by atoms with Gasteiger partial charge in [-0.05, 0) is 49.4 Å². The zero-order valence-electron chi connectivity index (χ0n) is 16.1. The molecule has 2 aromatic rings. The quantitative estimate of drug-likeness (QED) is 0.634. The number of nitrogens with one attached hydrogen (secondary N) is 1. The van der Waals surface area contributed by atoms with Crippen molar-refractivity contribution in [1.82, 2.24) is 0 Å². The number of rotatable bonds is 10. The first kappa shape index (κ1) is 21.4. The topological polar surface area (TPSA) is 74.6 Å². The monoisotopic (exact) mass is 401 g/mol. The fourth-order valence-electron chi connectivity index (χ4n) is 2.71. The molecule has 0 radical (unpaired) electrons. The average Bonchev–Trinajstić information content (AvgIpc) is 2.70. The number of carbonyl (C=O) groups excluding carboxylic acids is 1. The molecule has 0 aromatic heterocycles. The minimum atomic E-state index is -0.0760. The Labute approximate surface area is 170 Å². The Bertz CT molecular complexity index is 819. The summed E-state index contributed by atoms with van der Waals surface area (Å²) >= 11 is 6.03. The van der Waals surface area contributed by atoms with Crippen LogP contribution in [-0.4, -0.2) is 32.7 Å². The molecule has 1 N–H and O–H groups in total. The van der Waals surface area contributed by atoms with E-state index >= 15 is 0 Å². The Balaban J connectivity index is 2.03. The number of nitrogens with zero attached hydrogens (tertiary/aromatic N) is 2. The Kier molecular flexibility index (Phi) is 8.44. The summed E-state index contributed by atoms with van der Waals surface area (Å²) in [5.41, 5.74) is 1.47. The van der Waals surface area contributed by atoms with Gasteiger partial charge in [0.1, 0.15) is 11.5 Å². The highest BCUT2D eigenvalue weighted by molar-refractivity contribution is 6.30. The van der Waals surface area contributed by atoms with Crippen LogP contribution >= 0.6 is 11.6 Å². The predicted octanol–water partition coefficient (Wildman–Crippen LogP) is 4.50. The summed E-state index contributed by atoms with van der Waals surface area (Å²) in [6.45, 7) is 3.24. The van der Waals surface area contributed by atoms with E-state index in [-0.39, 0.29) is 18.7 Å². The highest BCUT2D eigenvalue weighted by Crippen LogP contribution is 2.27. The molecule has 28 heavy (non-hydrogen) atoms. The molecule has 2 rings (SSSR count). The zero-order chi connectivity index (χ0) is 20.4. The minimum Gasteiger partial charge on any atom is -0.495 e. The van der Waals surface area contributed by atoms with Crippen molar-refractivity contribution < 1.29 is 14.3 Å². The molecule has 0 saturated heterocycles. The summed E-state index contributed by atoms with van der Waals surface area (Å²) in [5.74, 6) is 1.33.